The van der Waals surface area contributed by atoms with Crippen molar-refractivity contribution < 1.29 is 20.1 Å². The Bertz CT molecular complexity index is 390. The highest BCUT2D eigenvalue weighted by atomic mass is 16.5. The van der Waals surface area contributed by atoms with Crippen LogP contribution in [0.3, 0.4) is 0 Å². The molecular formula is C19H32O4. The van der Waals surface area contributed by atoms with E-state index in [1.807, 2.05) is 24.3 Å². The monoisotopic (exact) mass is 324 g/mol. The second kappa shape index (κ2) is 11.4. The molecule has 0 saturated carbocycles. The minimum Gasteiger partial charge on any atom is -0.494 e. The number of hydrogen-bond donors (Lipinski definition) is 3. The van der Waals surface area contributed by atoms with Crippen LogP contribution in [-0.2, 0) is 6.42 Å². The fourth-order valence-electron chi connectivity index (χ4n) is 2.53. The standard InChI is InChI=1S/C19H32O4/c1-2-3-4-5-6-7-12-23-18-10-8-17(9-11-18)13-19(14-20,15-21)16-22/h8-11,20-22H,2-7,12-16H2,1H3. The third kappa shape index (κ3) is 7.34. The lowest BCUT2D eigenvalue weighted by molar-refractivity contribution is 0.00599. The highest BCUT2D eigenvalue weighted by molar-refractivity contribution is 5.28. The Morgan fingerprint density at radius 2 is 1.39 bits per heavy atom. The van der Waals surface area contributed by atoms with E-state index in [1.54, 1.807) is 0 Å². The first kappa shape index (κ1) is 19.9. The van der Waals surface area contributed by atoms with Gasteiger partial charge in [0.1, 0.15) is 5.75 Å². The van der Waals surface area contributed by atoms with E-state index in [1.165, 1.54) is 32.1 Å². The lowest BCUT2D eigenvalue weighted by Gasteiger charge is -2.27. The Balaban J connectivity index is 2.33. The fourth-order valence-corrected chi connectivity index (χ4v) is 2.53. The van der Waals surface area contributed by atoms with Crippen LogP contribution in [0, 0.1) is 5.41 Å². The van der Waals surface area contributed by atoms with Crippen molar-refractivity contribution in [2.24, 2.45) is 5.41 Å². The van der Waals surface area contributed by atoms with Crippen molar-refractivity contribution in [3.05, 3.63) is 29.8 Å². The van der Waals surface area contributed by atoms with Crippen LogP contribution in [-0.4, -0.2) is 41.7 Å². The molecule has 1 aromatic carbocycles. The largest absolute Gasteiger partial charge is 0.494 e. The SMILES string of the molecule is CCCCCCCCOc1ccc(CC(CO)(CO)CO)cc1. The number of unbranched alkanes of at least 4 members (excludes halogenated alkanes) is 5. The molecule has 4 heteroatoms. The predicted molar refractivity (Wildman–Crippen MR) is 92.7 cm³/mol. The normalized spacial score (nSPS) is 11.7. The third-order valence-corrected chi connectivity index (χ3v) is 4.28. The molecule has 0 aliphatic rings. The number of hydrogen-bond acceptors (Lipinski definition) is 4. The van der Waals surface area contributed by atoms with Crippen molar-refractivity contribution in [3.63, 3.8) is 0 Å². The van der Waals surface area contributed by atoms with Gasteiger partial charge in [-0.2, -0.15) is 0 Å². The van der Waals surface area contributed by atoms with Gasteiger partial charge < -0.3 is 20.1 Å². The summed E-state index contributed by atoms with van der Waals surface area (Å²) in [4.78, 5) is 0. The van der Waals surface area contributed by atoms with Crippen LogP contribution in [0.2, 0.25) is 0 Å². The second-order valence-corrected chi connectivity index (χ2v) is 6.41. The molecule has 0 aliphatic carbocycles. The molecule has 1 aromatic rings. The van der Waals surface area contributed by atoms with E-state index in [2.05, 4.69) is 6.92 Å². The Morgan fingerprint density at radius 3 is 1.96 bits per heavy atom. The fraction of sp³-hybridized carbons (Fsp3) is 0.684. The van der Waals surface area contributed by atoms with Crippen molar-refractivity contribution in [3.8, 4) is 5.75 Å². The second-order valence-electron chi connectivity index (χ2n) is 6.41. The molecule has 3 N–H and O–H groups in total. The molecule has 0 aliphatic heterocycles. The number of benzene rings is 1. The van der Waals surface area contributed by atoms with Gasteiger partial charge in [-0.05, 0) is 30.5 Å². The molecule has 0 aromatic heterocycles. The van der Waals surface area contributed by atoms with E-state index >= 15 is 0 Å². The highest BCUT2D eigenvalue weighted by Gasteiger charge is 2.28. The smallest absolute Gasteiger partial charge is 0.119 e. The average molecular weight is 324 g/mol. The molecule has 0 radical (unpaired) electrons. The summed E-state index contributed by atoms with van der Waals surface area (Å²) in [5.74, 6) is 0.838. The van der Waals surface area contributed by atoms with E-state index in [9.17, 15) is 15.3 Å². The molecule has 23 heavy (non-hydrogen) atoms. The van der Waals surface area contributed by atoms with Crippen molar-refractivity contribution >= 4 is 0 Å². The number of ether oxygens (including phenoxy) is 1. The lowest BCUT2D eigenvalue weighted by atomic mass is 9.84. The van der Waals surface area contributed by atoms with Crippen LogP contribution in [0.1, 0.15) is 51.0 Å². The van der Waals surface area contributed by atoms with Crippen LogP contribution < -0.4 is 4.74 Å². The van der Waals surface area contributed by atoms with Crippen LogP contribution in [0.4, 0.5) is 0 Å². The van der Waals surface area contributed by atoms with Crippen LogP contribution in [0.15, 0.2) is 24.3 Å². The summed E-state index contributed by atoms with van der Waals surface area (Å²) in [5, 5.41) is 28.1. The minimum atomic E-state index is -0.860. The maximum atomic E-state index is 9.37. The molecule has 0 amide bonds. The number of aliphatic hydroxyl groups is 3. The summed E-state index contributed by atoms with van der Waals surface area (Å²) in [7, 11) is 0. The molecule has 0 saturated heterocycles. The third-order valence-electron chi connectivity index (χ3n) is 4.28. The molecule has 0 atom stereocenters. The maximum Gasteiger partial charge on any atom is 0.119 e. The average Bonchev–Trinajstić information content (AvgIpc) is 2.60. The molecule has 0 spiro atoms. The molecule has 132 valence electrons. The van der Waals surface area contributed by atoms with Gasteiger partial charge in [0, 0.05) is 5.41 Å². The van der Waals surface area contributed by atoms with E-state index in [4.69, 9.17) is 4.74 Å². The van der Waals surface area contributed by atoms with Gasteiger partial charge >= 0.3 is 0 Å². The zero-order valence-electron chi connectivity index (χ0n) is 14.3. The Labute approximate surface area is 140 Å². The molecule has 0 bridgehead atoms. The van der Waals surface area contributed by atoms with Gasteiger partial charge in [-0.15, -0.1) is 0 Å². The van der Waals surface area contributed by atoms with Crippen molar-refractivity contribution in [1.82, 2.24) is 0 Å². The summed E-state index contributed by atoms with van der Waals surface area (Å²) >= 11 is 0. The van der Waals surface area contributed by atoms with Crippen LogP contribution >= 0.6 is 0 Å². The summed E-state index contributed by atoms with van der Waals surface area (Å²) in [6.45, 7) is 2.24. The van der Waals surface area contributed by atoms with Gasteiger partial charge in [0.05, 0.1) is 26.4 Å². The summed E-state index contributed by atoms with van der Waals surface area (Å²) in [6.07, 6.45) is 7.91. The summed E-state index contributed by atoms with van der Waals surface area (Å²) in [5.41, 5.74) is 0.106. The van der Waals surface area contributed by atoms with Gasteiger partial charge in [0.2, 0.25) is 0 Å². The summed E-state index contributed by atoms with van der Waals surface area (Å²) < 4.78 is 5.73. The van der Waals surface area contributed by atoms with E-state index in [0.717, 1.165) is 24.3 Å². The Kier molecular flexibility index (Phi) is 9.92. The van der Waals surface area contributed by atoms with Crippen molar-refractivity contribution in [2.75, 3.05) is 26.4 Å². The first-order valence-corrected chi connectivity index (χ1v) is 8.74. The molecular weight excluding hydrogens is 292 g/mol. The Morgan fingerprint density at radius 1 is 0.826 bits per heavy atom. The minimum absolute atomic E-state index is 0.240. The predicted octanol–water partition coefficient (Wildman–Crippen LogP) is 2.93. The number of rotatable bonds is 13. The van der Waals surface area contributed by atoms with Crippen LogP contribution in [0.25, 0.3) is 0 Å². The Hall–Kier alpha value is -1.10. The van der Waals surface area contributed by atoms with Crippen LogP contribution in [0.5, 0.6) is 5.75 Å². The van der Waals surface area contributed by atoms with Gasteiger partial charge in [0.25, 0.3) is 0 Å². The molecule has 0 fully saturated rings. The van der Waals surface area contributed by atoms with Crippen molar-refractivity contribution in [1.29, 1.82) is 0 Å². The number of aliphatic hydroxyl groups excluding tert-OH is 3. The topological polar surface area (TPSA) is 69.9 Å². The molecule has 1 rings (SSSR count). The first-order chi connectivity index (χ1) is 11.2. The zero-order valence-corrected chi connectivity index (χ0v) is 14.3. The molecule has 0 unspecified atom stereocenters. The lowest BCUT2D eigenvalue weighted by Crippen LogP contribution is -2.36. The van der Waals surface area contributed by atoms with Gasteiger partial charge in [-0.3, -0.25) is 0 Å². The highest BCUT2D eigenvalue weighted by Crippen LogP contribution is 2.23. The first-order valence-electron chi connectivity index (χ1n) is 8.74. The van der Waals surface area contributed by atoms with Gasteiger partial charge in [0.15, 0.2) is 0 Å². The summed E-state index contributed by atoms with van der Waals surface area (Å²) in [6, 6.07) is 7.66. The van der Waals surface area contributed by atoms with Gasteiger partial charge in [-0.1, -0.05) is 51.2 Å². The molecule has 0 heterocycles. The van der Waals surface area contributed by atoms with E-state index < -0.39 is 5.41 Å². The molecule has 4 nitrogen and oxygen atoms in total. The van der Waals surface area contributed by atoms with E-state index in [0.29, 0.717) is 6.42 Å². The van der Waals surface area contributed by atoms with E-state index in [-0.39, 0.29) is 19.8 Å². The maximum absolute atomic E-state index is 9.37. The zero-order chi connectivity index (χ0) is 17.0. The van der Waals surface area contributed by atoms with Gasteiger partial charge in [-0.25, -0.2) is 0 Å². The quantitative estimate of drug-likeness (QED) is 0.488. The van der Waals surface area contributed by atoms with Crippen molar-refractivity contribution in [2.45, 2.75) is 51.9 Å².